The second kappa shape index (κ2) is 8.61. The van der Waals surface area contributed by atoms with Gasteiger partial charge in [-0.15, -0.1) is 0 Å². The van der Waals surface area contributed by atoms with Gasteiger partial charge in [-0.3, -0.25) is 4.79 Å². The molecule has 1 atom stereocenters. The first-order chi connectivity index (χ1) is 13.8. The van der Waals surface area contributed by atoms with Gasteiger partial charge < -0.3 is 15.0 Å². The lowest BCUT2D eigenvalue weighted by atomic mass is 10.1. The number of carbonyl (C=O) groups excluding carboxylic acids is 1. The fourth-order valence-electron chi connectivity index (χ4n) is 3.41. The molecule has 1 unspecified atom stereocenters. The molecule has 0 aliphatic carbocycles. The van der Waals surface area contributed by atoms with Crippen molar-refractivity contribution in [2.24, 2.45) is 0 Å². The molecule has 0 saturated carbocycles. The van der Waals surface area contributed by atoms with Crippen molar-refractivity contribution in [1.29, 1.82) is 0 Å². The molecular formula is C22H29N5O2. The molecule has 0 aliphatic rings. The minimum Gasteiger partial charge on any atom is -0.497 e. The van der Waals surface area contributed by atoms with E-state index in [4.69, 9.17) is 4.74 Å². The monoisotopic (exact) mass is 395 g/mol. The molecule has 0 spiro atoms. The minimum absolute atomic E-state index is 0.0229. The molecule has 2 aromatic heterocycles. The topological polar surface area (TPSA) is 72.3 Å². The highest BCUT2D eigenvalue weighted by Crippen LogP contribution is 2.23. The number of nitrogens with one attached hydrogen (secondary N) is 1. The van der Waals surface area contributed by atoms with Crippen LogP contribution in [0.1, 0.15) is 47.5 Å². The zero-order valence-corrected chi connectivity index (χ0v) is 17.9. The van der Waals surface area contributed by atoms with E-state index in [9.17, 15) is 4.79 Å². The van der Waals surface area contributed by atoms with Crippen LogP contribution in [-0.2, 0) is 0 Å². The molecule has 0 bridgehead atoms. The van der Waals surface area contributed by atoms with E-state index in [0.717, 1.165) is 22.3 Å². The van der Waals surface area contributed by atoms with Crippen LogP contribution >= 0.6 is 0 Å². The molecule has 0 radical (unpaired) electrons. The number of likely N-dealkylation sites (N-methyl/N-ethyl adjacent to an activating group) is 1. The highest BCUT2D eigenvalue weighted by Gasteiger charge is 2.19. The molecule has 7 heteroatoms. The Morgan fingerprint density at radius 1 is 1.28 bits per heavy atom. The van der Waals surface area contributed by atoms with Crippen LogP contribution < -0.4 is 10.1 Å². The molecule has 1 N–H and O–H groups in total. The largest absolute Gasteiger partial charge is 0.497 e. The van der Waals surface area contributed by atoms with Gasteiger partial charge in [0, 0.05) is 18.0 Å². The third kappa shape index (κ3) is 4.40. The zero-order chi connectivity index (χ0) is 21.1. The van der Waals surface area contributed by atoms with Crippen molar-refractivity contribution in [3.63, 3.8) is 0 Å². The Morgan fingerprint density at radius 3 is 2.69 bits per heavy atom. The zero-order valence-electron chi connectivity index (χ0n) is 17.9. The fourth-order valence-corrected chi connectivity index (χ4v) is 3.41. The standard InChI is InChI=1S/C22H29N5O2/c1-14(2)27-21-17(12-24-27)11-19(15(3)25-21)22(28)23-13-20(26(4)5)16-8-7-9-18(10-16)29-6/h7-12,14,20H,13H2,1-6H3,(H,23,28). The summed E-state index contributed by atoms with van der Waals surface area (Å²) in [6, 6.07) is 10.0. The number of nitrogens with zero attached hydrogens (tertiary/aromatic N) is 4. The normalized spacial score (nSPS) is 12.6. The van der Waals surface area contributed by atoms with Crippen LogP contribution in [0.5, 0.6) is 5.75 Å². The fraction of sp³-hybridized carbons (Fsp3) is 0.409. The quantitative estimate of drug-likeness (QED) is 0.664. The smallest absolute Gasteiger partial charge is 0.253 e. The number of rotatable bonds is 7. The predicted octanol–water partition coefficient (Wildman–Crippen LogP) is 3.36. The summed E-state index contributed by atoms with van der Waals surface area (Å²) in [6.45, 7) is 6.45. The van der Waals surface area contributed by atoms with Gasteiger partial charge in [-0.2, -0.15) is 5.10 Å². The number of aromatic nitrogens is 3. The lowest BCUT2D eigenvalue weighted by Gasteiger charge is -2.25. The van der Waals surface area contributed by atoms with Crippen LogP contribution in [0.4, 0.5) is 0 Å². The third-order valence-corrected chi connectivity index (χ3v) is 5.05. The first-order valence-electron chi connectivity index (χ1n) is 9.75. The molecule has 3 rings (SSSR count). The van der Waals surface area contributed by atoms with E-state index in [2.05, 4.69) is 34.1 Å². The Bertz CT molecular complexity index is 1010. The van der Waals surface area contributed by atoms with Gasteiger partial charge in [-0.1, -0.05) is 12.1 Å². The van der Waals surface area contributed by atoms with Crippen molar-refractivity contribution in [2.45, 2.75) is 32.9 Å². The molecule has 2 heterocycles. The van der Waals surface area contributed by atoms with Crippen molar-refractivity contribution in [3.05, 3.63) is 53.3 Å². The number of benzene rings is 1. The Morgan fingerprint density at radius 2 is 2.03 bits per heavy atom. The number of pyridine rings is 1. The van der Waals surface area contributed by atoms with Crippen LogP contribution in [0.2, 0.25) is 0 Å². The second-order valence-electron chi connectivity index (χ2n) is 7.68. The molecule has 0 saturated heterocycles. The average molecular weight is 396 g/mol. The van der Waals surface area contributed by atoms with Gasteiger partial charge in [0.2, 0.25) is 0 Å². The summed E-state index contributed by atoms with van der Waals surface area (Å²) in [6.07, 6.45) is 1.76. The van der Waals surface area contributed by atoms with E-state index >= 15 is 0 Å². The molecule has 0 aliphatic heterocycles. The second-order valence-corrected chi connectivity index (χ2v) is 7.68. The summed E-state index contributed by atoms with van der Waals surface area (Å²) in [5.74, 6) is 0.664. The molecular weight excluding hydrogens is 366 g/mol. The first kappa shape index (κ1) is 20.8. The van der Waals surface area contributed by atoms with E-state index in [1.54, 1.807) is 13.3 Å². The van der Waals surface area contributed by atoms with E-state index in [1.807, 2.05) is 56.0 Å². The van der Waals surface area contributed by atoms with E-state index < -0.39 is 0 Å². The number of ether oxygens (including phenoxy) is 1. The summed E-state index contributed by atoms with van der Waals surface area (Å²) >= 11 is 0. The number of amides is 1. The Balaban J connectivity index is 1.80. The van der Waals surface area contributed by atoms with E-state index in [1.165, 1.54) is 0 Å². The van der Waals surface area contributed by atoms with Gasteiger partial charge in [0.1, 0.15) is 5.75 Å². The van der Waals surface area contributed by atoms with Crippen LogP contribution in [0.15, 0.2) is 36.5 Å². The molecule has 1 amide bonds. The Labute approximate surface area is 171 Å². The van der Waals surface area contributed by atoms with Crippen molar-refractivity contribution < 1.29 is 9.53 Å². The summed E-state index contributed by atoms with van der Waals surface area (Å²) in [5, 5.41) is 8.32. The first-order valence-corrected chi connectivity index (χ1v) is 9.75. The van der Waals surface area contributed by atoms with Gasteiger partial charge in [0.25, 0.3) is 5.91 Å². The molecule has 0 fully saturated rings. The average Bonchev–Trinajstić information content (AvgIpc) is 3.10. The summed E-state index contributed by atoms with van der Waals surface area (Å²) < 4.78 is 7.20. The number of hydrogen-bond acceptors (Lipinski definition) is 5. The maximum atomic E-state index is 12.9. The number of fused-ring (bicyclic) bond motifs is 1. The molecule has 7 nitrogen and oxygen atoms in total. The Hall–Kier alpha value is -2.93. The summed E-state index contributed by atoms with van der Waals surface area (Å²) in [5.41, 5.74) is 3.15. The van der Waals surface area contributed by atoms with Crippen molar-refractivity contribution >= 4 is 16.9 Å². The van der Waals surface area contributed by atoms with Crippen LogP contribution in [-0.4, -0.2) is 53.3 Å². The number of aryl methyl sites for hydroxylation is 1. The van der Waals surface area contributed by atoms with Crippen LogP contribution in [0.3, 0.4) is 0 Å². The van der Waals surface area contributed by atoms with Gasteiger partial charge in [0.15, 0.2) is 5.65 Å². The summed E-state index contributed by atoms with van der Waals surface area (Å²) in [4.78, 5) is 19.6. The molecule has 3 aromatic rings. The van der Waals surface area contributed by atoms with Gasteiger partial charge >= 0.3 is 0 Å². The number of methoxy groups -OCH3 is 1. The Kier molecular flexibility index (Phi) is 6.17. The lowest BCUT2D eigenvalue weighted by Crippen LogP contribution is -2.35. The van der Waals surface area contributed by atoms with Crippen LogP contribution in [0, 0.1) is 6.92 Å². The highest BCUT2D eigenvalue weighted by molar-refractivity contribution is 5.98. The summed E-state index contributed by atoms with van der Waals surface area (Å²) in [7, 11) is 5.64. The van der Waals surface area contributed by atoms with Crippen molar-refractivity contribution in [3.8, 4) is 5.75 Å². The molecule has 154 valence electrons. The van der Waals surface area contributed by atoms with Crippen molar-refractivity contribution in [2.75, 3.05) is 27.7 Å². The van der Waals surface area contributed by atoms with Gasteiger partial charge in [0.05, 0.1) is 30.6 Å². The molecule has 29 heavy (non-hydrogen) atoms. The maximum absolute atomic E-state index is 12.9. The van der Waals surface area contributed by atoms with E-state index in [0.29, 0.717) is 17.8 Å². The predicted molar refractivity (Wildman–Crippen MR) is 114 cm³/mol. The maximum Gasteiger partial charge on any atom is 0.253 e. The minimum atomic E-state index is -0.135. The van der Waals surface area contributed by atoms with Crippen LogP contribution in [0.25, 0.3) is 11.0 Å². The number of hydrogen-bond donors (Lipinski definition) is 1. The van der Waals surface area contributed by atoms with Gasteiger partial charge in [-0.25, -0.2) is 9.67 Å². The SMILES string of the molecule is COc1cccc(C(CNC(=O)c2cc3cnn(C(C)C)c3nc2C)N(C)C)c1. The lowest BCUT2D eigenvalue weighted by molar-refractivity contribution is 0.0941. The van der Waals surface area contributed by atoms with Crippen molar-refractivity contribution in [1.82, 2.24) is 25.0 Å². The molecule has 1 aromatic carbocycles. The number of carbonyl (C=O) groups is 1. The highest BCUT2D eigenvalue weighted by atomic mass is 16.5. The van der Waals surface area contributed by atoms with Gasteiger partial charge in [-0.05, 0) is 58.6 Å². The third-order valence-electron chi connectivity index (χ3n) is 5.05. The van der Waals surface area contributed by atoms with E-state index in [-0.39, 0.29) is 18.0 Å².